The Morgan fingerprint density at radius 3 is 2.24 bits per heavy atom. The maximum Gasteiger partial charge on any atom is 0.290 e. The van der Waals surface area contributed by atoms with Gasteiger partial charge in [-0.3, -0.25) is 14.4 Å². The highest BCUT2D eigenvalue weighted by Gasteiger charge is 2.29. The van der Waals surface area contributed by atoms with Crippen LogP contribution in [0.25, 0.3) is 11.3 Å². The first-order chi connectivity index (χ1) is 14.0. The van der Waals surface area contributed by atoms with Gasteiger partial charge in [0, 0.05) is 18.4 Å². The van der Waals surface area contributed by atoms with Gasteiger partial charge in [-0.15, -0.1) is 0 Å². The predicted octanol–water partition coefficient (Wildman–Crippen LogP) is 2.30. The number of nitrogens with two attached hydrogens (primary N) is 1. The normalized spacial score (nSPS) is 11.6. The maximum absolute atomic E-state index is 12.9. The summed E-state index contributed by atoms with van der Waals surface area (Å²) in [6.45, 7) is 1.86. The Labute approximate surface area is 167 Å². The molecular formula is C22H21N3O4. The number of benzene rings is 2. The highest BCUT2D eigenvalue weighted by Crippen LogP contribution is 2.24. The Bertz CT molecular complexity index is 1010. The molecule has 0 spiro atoms. The average Bonchev–Trinajstić information content (AvgIpc) is 3.19. The van der Waals surface area contributed by atoms with Crippen LogP contribution in [0.3, 0.4) is 0 Å². The van der Waals surface area contributed by atoms with Crippen molar-refractivity contribution < 1.29 is 18.8 Å². The molecule has 1 heterocycles. The summed E-state index contributed by atoms with van der Waals surface area (Å²) in [4.78, 5) is 41.1. The molecule has 1 aromatic heterocycles. The number of ketones is 1. The van der Waals surface area contributed by atoms with Crippen LogP contribution in [-0.4, -0.2) is 28.6 Å². The van der Waals surface area contributed by atoms with E-state index in [1.54, 1.807) is 24.3 Å². The minimum absolute atomic E-state index is 0.0108. The van der Waals surface area contributed by atoms with Gasteiger partial charge >= 0.3 is 0 Å². The van der Waals surface area contributed by atoms with E-state index in [2.05, 4.69) is 10.3 Å². The van der Waals surface area contributed by atoms with Crippen molar-refractivity contribution >= 4 is 17.6 Å². The number of primary amides is 1. The van der Waals surface area contributed by atoms with Crippen LogP contribution in [-0.2, 0) is 22.4 Å². The van der Waals surface area contributed by atoms with E-state index in [9.17, 15) is 14.4 Å². The number of Topliss-reactive ketones (excluding diaryl/α,β-unsaturated/α-hetero) is 1. The number of oxazole rings is 1. The molecular weight excluding hydrogens is 370 g/mol. The van der Waals surface area contributed by atoms with Crippen LogP contribution in [0.4, 0.5) is 0 Å². The number of nitrogens with zero attached hydrogens (tertiary/aromatic N) is 1. The van der Waals surface area contributed by atoms with E-state index in [1.165, 1.54) is 0 Å². The summed E-state index contributed by atoms with van der Waals surface area (Å²) in [5, 5.41) is 2.59. The van der Waals surface area contributed by atoms with Crippen molar-refractivity contribution in [1.82, 2.24) is 10.3 Å². The first-order valence-electron chi connectivity index (χ1n) is 9.23. The Balaban J connectivity index is 1.90. The van der Waals surface area contributed by atoms with Crippen molar-refractivity contribution in [3.8, 4) is 11.3 Å². The second-order valence-corrected chi connectivity index (χ2v) is 6.45. The molecule has 0 fully saturated rings. The van der Waals surface area contributed by atoms with Crippen molar-refractivity contribution in [2.45, 2.75) is 25.8 Å². The number of carbonyl (C=O) groups is 3. The van der Waals surface area contributed by atoms with E-state index in [-0.39, 0.29) is 12.2 Å². The molecule has 148 valence electrons. The largest absolute Gasteiger partial charge is 0.435 e. The van der Waals surface area contributed by atoms with Crippen LogP contribution in [0.1, 0.15) is 28.9 Å². The van der Waals surface area contributed by atoms with E-state index in [0.717, 1.165) is 5.56 Å². The molecule has 2 aromatic carbocycles. The third kappa shape index (κ3) is 4.76. The lowest BCUT2D eigenvalue weighted by Crippen LogP contribution is -2.47. The molecule has 0 aliphatic heterocycles. The van der Waals surface area contributed by atoms with Crippen LogP contribution in [0, 0.1) is 0 Å². The van der Waals surface area contributed by atoms with Crippen molar-refractivity contribution in [2.24, 2.45) is 5.73 Å². The lowest BCUT2D eigenvalue weighted by molar-refractivity contribution is -0.137. The summed E-state index contributed by atoms with van der Waals surface area (Å²) in [6.07, 6.45) is 0.630. The number of nitrogens with one attached hydrogen (secondary N) is 1. The van der Waals surface area contributed by atoms with Crippen LogP contribution in [0.15, 0.2) is 65.1 Å². The molecule has 0 bridgehead atoms. The zero-order valence-electron chi connectivity index (χ0n) is 15.9. The molecule has 1 atom stereocenters. The van der Waals surface area contributed by atoms with Crippen LogP contribution >= 0.6 is 0 Å². The summed E-state index contributed by atoms with van der Waals surface area (Å²) < 4.78 is 5.62. The van der Waals surface area contributed by atoms with Gasteiger partial charge in [0.1, 0.15) is 11.7 Å². The summed E-state index contributed by atoms with van der Waals surface area (Å²) in [5.41, 5.74) is 7.05. The molecule has 1 unspecified atom stereocenters. The Morgan fingerprint density at radius 1 is 1.03 bits per heavy atom. The summed E-state index contributed by atoms with van der Waals surface area (Å²) in [7, 11) is 0. The number of aryl methyl sites for hydroxylation is 1. The number of hydrogen-bond donors (Lipinski definition) is 2. The average molecular weight is 391 g/mol. The van der Waals surface area contributed by atoms with Gasteiger partial charge in [-0.25, -0.2) is 4.98 Å². The fourth-order valence-corrected chi connectivity index (χ4v) is 2.92. The third-order valence-corrected chi connectivity index (χ3v) is 4.37. The van der Waals surface area contributed by atoms with Crippen molar-refractivity contribution in [3.05, 3.63) is 77.9 Å². The van der Waals surface area contributed by atoms with Gasteiger partial charge in [0.2, 0.25) is 11.5 Å². The lowest BCUT2D eigenvalue weighted by atomic mass is 10.0. The number of carbonyl (C=O) groups excluding carboxylic acids is 3. The number of aromatic nitrogens is 1. The Morgan fingerprint density at radius 2 is 1.66 bits per heavy atom. The zero-order chi connectivity index (χ0) is 20.8. The number of amides is 2. The molecule has 0 aliphatic rings. The van der Waals surface area contributed by atoms with Gasteiger partial charge in [-0.2, -0.15) is 0 Å². The molecule has 0 radical (unpaired) electrons. The van der Waals surface area contributed by atoms with E-state index >= 15 is 0 Å². The first kappa shape index (κ1) is 20.0. The zero-order valence-corrected chi connectivity index (χ0v) is 15.9. The van der Waals surface area contributed by atoms with E-state index in [0.29, 0.717) is 23.6 Å². The molecule has 3 rings (SSSR count). The molecule has 0 aliphatic carbocycles. The predicted molar refractivity (Wildman–Crippen MR) is 107 cm³/mol. The monoisotopic (exact) mass is 391 g/mol. The van der Waals surface area contributed by atoms with E-state index < -0.39 is 23.6 Å². The quantitative estimate of drug-likeness (QED) is 0.572. The molecule has 3 N–H and O–H groups in total. The fourth-order valence-electron chi connectivity index (χ4n) is 2.92. The molecule has 0 saturated carbocycles. The topological polar surface area (TPSA) is 115 Å². The number of hydrogen-bond acceptors (Lipinski definition) is 5. The second kappa shape index (κ2) is 8.97. The smallest absolute Gasteiger partial charge is 0.290 e. The SMILES string of the molecule is CCc1nc(-c2ccccc2)c(C(=O)NC(Cc2ccccc2)C(=O)C(N)=O)o1. The molecule has 0 saturated heterocycles. The minimum Gasteiger partial charge on any atom is -0.435 e. The third-order valence-electron chi connectivity index (χ3n) is 4.37. The fraction of sp³-hybridized carbons (Fsp3) is 0.182. The van der Waals surface area contributed by atoms with Gasteiger partial charge in [0.15, 0.2) is 5.89 Å². The van der Waals surface area contributed by atoms with Gasteiger partial charge in [-0.1, -0.05) is 67.6 Å². The highest BCUT2D eigenvalue weighted by molar-refractivity contribution is 6.38. The molecule has 2 amide bonds. The lowest BCUT2D eigenvalue weighted by Gasteiger charge is -2.16. The molecule has 29 heavy (non-hydrogen) atoms. The van der Waals surface area contributed by atoms with E-state index in [1.807, 2.05) is 43.3 Å². The van der Waals surface area contributed by atoms with Crippen LogP contribution in [0.5, 0.6) is 0 Å². The summed E-state index contributed by atoms with van der Waals surface area (Å²) in [6, 6.07) is 17.1. The van der Waals surface area contributed by atoms with Gasteiger partial charge < -0.3 is 15.5 Å². The second-order valence-electron chi connectivity index (χ2n) is 6.45. The molecule has 3 aromatic rings. The highest BCUT2D eigenvalue weighted by atomic mass is 16.4. The standard InChI is InChI=1S/C22H21N3O4/c1-2-17-25-18(15-11-7-4-8-12-15)20(29-17)22(28)24-16(19(26)21(23)27)13-14-9-5-3-6-10-14/h3-12,16H,2,13H2,1H3,(H2,23,27)(H,24,28). The van der Waals surface area contributed by atoms with E-state index in [4.69, 9.17) is 10.2 Å². The summed E-state index contributed by atoms with van der Waals surface area (Å²) >= 11 is 0. The summed E-state index contributed by atoms with van der Waals surface area (Å²) in [5.74, 6) is -2.23. The maximum atomic E-state index is 12.9. The number of rotatable bonds is 8. The van der Waals surface area contributed by atoms with Gasteiger partial charge in [0.25, 0.3) is 11.8 Å². The molecule has 7 nitrogen and oxygen atoms in total. The van der Waals surface area contributed by atoms with Crippen molar-refractivity contribution in [2.75, 3.05) is 0 Å². The van der Waals surface area contributed by atoms with Crippen LogP contribution < -0.4 is 11.1 Å². The molecule has 7 heteroatoms. The van der Waals surface area contributed by atoms with Crippen LogP contribution in [0.2, 0.25) is 0 Å². The Hall–Kier alpha value is -3.74. The first-order valence-corrected chi connectivity index (χ1v) is 9.23. The van der Waals surface area contributed by atoms with Gasteiger partial charge in [0.05, 0.1) is 0 Å². The van der Waals surface area contributed by atoms with Gasteiger partial charge in [-0.05, 0) is 5.56 Å². The minimum atomic E-state index is -1.11. The van der Waals surface area contributed by atoms with Crippen molar-refractivity contribution in [1.29, 1.82) is 0 Å². The Kier molecular flexibility index (Phi) is 6.19. The van der Waals surface area contributed by atoms with Crippen molar-refractivity contribution in [3.63, 3.8) is 0 Å².